The summed E-state index contributed by atoms with van der Waals surface area (Å²) in [5.74, 6) is 0.861. The molecule has 5 nitrogen and oxygen atoms in total. The van der Waals surface area contributed by atoms with E-state index >= 15 is 0 Å². The van der Waals surface area contributed by atoms with Gasteiger partial charge in [0, 0.05) is 31.6 Å². The molecule has 3 aliphatic rings. The first kappa shape index (κ1) is 16.2. The first-order chi connectivity index (χ1) is 10.8. The van der Waals surface area contributed by atoms with E-state index in [0.29, 0.717) is 12.3 Å². The first-order valence-electron chi connectivity index (χ1n) is 9.09. The van der Waals surface area contributed by atoms with E-state index < -0.39 is 0 Å². The molecule has 22 heavy (non-hydrogen) atoms. The third-order valence-corrected chi connectivity index (χ3v) is 5.69. The highest BCUT2D eigenvalue weighted by Crippen LogP contribution is 2.38. The molecule has 1 amide bonds. The molecule has 1 atom stereocenters. The monoisotopic (exact) mass is 309 g/mol. The standard InChI is InChI=1S/C17H31N3O2/c21-16(19-14-15-4-3-7-18-13-15)12-17(5-1-2-6-17)20-8-10-22-11-9-20/h15,18H,1-14H2,(H,19,21). The second kappa shape index (κ2) is 7.75. The maximum Gasteiger partial charge on any atom is 0.221 e. The molecule has 1 saturated carbocycles. The molecule has 0 bridgehead atoms. The minimum absolute atomic E-state index is 0.110. The number of hydrogen-bond donors (Lipinski definition) is 2. The summed E-state index contributed by atoms with van der Waals surface area (Å²) in [6.07, 6.45) is 8.01. The summed E-state index contributed by atoms with van der Waals surface area (Å²) in [5.41, 5.74) is 0.110. The largest absolute Gasteiger partial charge is 0.379 e. The highest BCUT2D eigenvalue weighted by molar-refractivity contribution is 5.77. The van der Waals surface area contributed by atoms with Crippen molar-refractivity contribution in [2.75, 3.05) is 45.9 Å². The Morgan fingerprint density at radius 3 is 2.68 bits per heavy atom. The molecule has 1 aliphatic carbocycles. The second-order valence-electron chi connectivity index (χ2n) is 7.22. The fraction of sp³-hybridized carbons (Fsp3) is 0.941. The SMILES string of the molecule is O=C(CC1(N2CCOCC2)CCCC1)NCC1CCCNC1. The Bertz CT molecular complexity index is 357. The van der Waals surface area contributed by atoms with Gasteiger partial charge in [0.2, 0.25) is 5.91 Å². The van der Waals surface area contributed by atoms with Crippen LogP contribution >= 0.6 is 0 Å². The fourth-order valence-corrected chi connectivity index (χ4v) is 4.39. The van der Waals surface area contributed by atoms with Crippen LogP contribution in [0.1, 0.15) is 44.9 Å². The van der Waals surface area contributed by atoms with Gasteiger partial charge in [0.15, 0.2) is 0 Å². The summed E-state index contributed by atoms with van der Waals surface area (Å²) in [6.45, 7) is 6.62. The van der Waals surface area contributed by atoms with Crippen LogP contribution in [0.4, 0.5) is 0 Å². The highest BCUT2D eigenvalue weighted by atomic mass is 16.5. The van der Waals surface area contributed by atoms with Crippen molar-refractivity contribution in [3.05, 3.63) is 0 Å². The zero-order valence-electron chi connectivity index (χ0n) is 13.7. The van der Waals surface area contributed by atoms with E-state index in [2.05, 4.69) is 15.5 Å². The van der Waals surface area contributed by atoms with Crippen LogP contribution < -0.4 is 10.6 Å². The third-order valence-electron chi connectivity index (χ3n) is 5.69. The van der Waals surface area contributed by atoms with E-state index in [-0.39, 0.29) is 11.4 Å². The summed E-state index contributed by atoms with van der Waals surface area (Å²) in [7, 11) is 0. The van der Waals surface area contributed by atoms with Crippen molar-refractivity contribution in [1.29, 1.82) is 0 Å². The molecule has 5 heteroatoms. The van der Waals surface area contributed by atoms with Crippen LogP contribution in [-0.4, -0.2) is 62.3 Å². The molecule has 0 radical (unpaired) electrons. The summed E-state index contributed by atoms with van der Waals surface area (Å²) in [5, 5.41) is 6.62. The third kappa shape index (κ3) is 4.00. The van der Waals surface area contributed by atoms with Crippen molar-refractivity contribution < 1.29 is 9.53 Å². The van der Waals surface area contributed by atoms with Crippen LogP contribution in [-0.2, 0) is 9.53 Å². The Hall–Kier alpha value is -0.650. The average Bonchev–Trinajstić information content (AvgIpc) is 3.04. The highest BCUT2D eigenvalue weighted by Gasteiger charge is 2.41. The number of rotatable bonds is 5. The summed E-state index contributed by atoms with van der Waals surface area (Å²) in [6, 6.07) is 0. The molecule has 2 heterocycles. The number of nitrogens with one attached hydrogen (secondary N) is 2. The number of amides is 1. The van der Waals surface area contributed by atoms with Crippen molar-refractivity contribution in [3.8, 4) is 0 Å². The van der Waals surface area contributed by atoms with Gasteiger partial charge < -0.3 is 15.4 Å². The van der Waals surface area contributed by atoms with Crippen molar-refractivity contribution in [2.45, 2.75) is 50.5 Å². The van der Waals surface area contributed by atoms with Gasteiger partial charge in [-0.05, 0) is 44.7 Å². The normalized spacial score (nSPS) is 29.4. The van der Waals surface area contributed by atoms with Gasteiger partial charge in [-0.3, -0.25) is 9.69 Å². The smallest absolute Gasteiger partial charge is 0.221 e. The van der Waals surface area contributed by atoms with Gasteiger partial charge in [0.1, 0.15) is 0 Å². The summed E-state index contributed by atoms with van der Waals surface area (Å²) in [4.78, 5) is 15.0. The molecular formula is C17H31N3O2. The number of nitrogens with zero attached hydrogens (tertiary/aromatic N) is 1. The number of carbonyl (C=O) groups is 1. The average molecular weight is 309 g/mol. The molecule has 0 aromatic heterocycles. The molecule has 0 aromatic rings. The molecule has 0 spiro atoms. The Labute approximate surface area is 134 Å². The molecule has 1 unspecified atom stereocenters. The molecule has 2 saturated heterocycles. The van der Waals surface area contributed by atoms with Crippen molar-refractivity contribution in [1.82, 2.24) is 15.5 Å². The van der Waals surface area contributed by atoms with Crippen LogP contribution in [0.15, 0.2) is 0 Å². The van der Waals surface area contributed by atoms with E-state index in [0.717, 1.165) is 45.9 Å². The lowest BCUT2D eigenvalue weighted by Gasteiger charge is -2.43. The first-order valence-corrected chi connectivity index (χ1v) is 9.09. The van der Waals surface area contributed by atoms with Crippen molar-refractivity contribution in [2.24, 2.45) is 5.92 Å². The second-order valence-corrected chi connectivity index (χ2v) is 7.22. The van der Waals surface area contributed by atoms with Crippen LogP contribution in [0.25, 0.3) is 0 Å². The number of carbonyl (C=O) groups excluding carboxylic acids is 1. The lowest BCUT2D eigenvalue weighted by atomic mass is 9.89. The molecular weight excluding hydrogens is 278 g/mol. The van der Waals surface area contributed by atoms with Gasteiger partial charge in [0.05, 0.1) is 13.2 Å². The van der Waals surface area contributed by atoms with Gasteiger partial charge in [-0.2, -0.15) is 0 Å². The zero-order valence-corrected chi connectivity index (χ0v) is 13.7. The van der Waals surface area contributed by atoms with Crippen LogP contribution in [0, 0.1) is 5.92 Å². The number of ether oxygens (including phenoxy) is 1. The van der Waals surface area contributed by atoms with E-state index in [4.69, 9.17) is 4.74 Å². The molecule has 126 valence electrons. The van der Waals surface area contributed by atoms with E-state index in [1.807, 2.05) is 0 Å². The van der Waals surface area contributed by atoms with E-state index in [1.54, 1.807) is 0 Å². The summed E-state index contributed by atoms with van der Waals surface area (Å²) < 4.78 is 5.49. The van der Waals surface area contributed by atoms with Crippen LogP contribution in [0.5, 0.6) is 0 Å². The lowest BCUT2D eigenvalue weighted by Crippen LogP contribution is -2.54. The molecule has 2 aliphatic heterocycles. The molecule has 0 aromatic carbocycles. The Balaban J connectivity index is 1.50. The van der Waals surface area contributed by atoms with Gasteiger partial charge in [0.25, 0.3) is 0 Å². The van der Waals surface area contributed by atoms with Gasteiger partial charge in [-0.25, -0.2) is 0 Å². The predicted molar refractivity (Wildman–Crippen MR) is 86.8 cm³/mol. The van der Waals surface area contributed by atoms with E-state index in [9.17, 15) is 4.79 Å². The maximum atomic E-state index is 12.5. The Morgan fingerprint density at radius 2 is 2.00 bits per heavy atom. The number of morpholine rings is 1. The van der Waals surface area contributed by atoms with Crippen LogP contribution in [0.3, 0.4) is 0 Å². The predicted octanol–water partition coefficient (Wildman–Crippen LogP) is 1.14. The van der Waals surface area contributed by atoms with Crippen molar-refractivity contribution >= 4 is 5.91 Å². The minimum atomic E-state index is 0.110. The Morgan fingerprint density at radius 1 is 1.23 bits per heavy atom. The van der Waals surface area contributed by atoms with Gasteiger partial charge >= 0.3 is 0 Å². The number of piperidine rings is 1. The lowest BCUT2D eigenvalue weighted by molar-refractivity contribution is -0.125. The quantitative estimate of drug-likeness (QED) is 0.799. The van der Waals surface area contributed by atoms with E-state index in [1.165, 1.54) is 38.5 Å². The fourth-order valence-electron chi connectivity index (χ4n) is 4.39. The summed E-state index contributed by atoms with van der Waals surface area (Å²) >= 11 is 0. The zero-order chi connectivity index (χ0) is 15.3. The van der Waals surface area contributed by atoms with Crippen molar-refractivity contribution in [3.63, 3.8) is 0 Å². The Kier molecular flexibility index (Phi) is 5.71. The van der Waals surface area contributed by atoms with Gasteiger partial charge in [-0.15, -0.1) is 0 Å². The minimum Gasteiger partial charge on any atom is -0.379 e. The molecule has 3 rings (SSSR count). The maximum absolute atomic E-state index is 12.5. The number of hydrogen-bond acceptors (Lipinski definition) is 4. The topological polar surface area (TPSA) is 53.6 Å². The molecule has 3 fully saturated rings. The van der Waals surface area contributed by atoms with Crippen LogP contribution in [0.2, 0.25) is 0 Å². The van der Waals surface area contributed by atoms with Gasteiger partial charge in [-0.1, -0.05) is 12.8 Å². The molecule has 2 N–H and O–H groups in total.